The summed E-state index contributed by atoms with van der Waals surface area (Å²) >= 11 is 0. The van der Waals surface area contributed by atoms with Crippen LogP contribution in [0.1, 0.15) is 16.7 Å². The number of para-hydroxylation sites is 1. The third kappa shape index (κ3) is 2.73. The molecule has 0 saturated carbocycles. The fourth-order valence-corrected chi connectivity index (χ4v) is 3.32. The van der Waals surface area contributed by atoms with Gasteiger partial charge in [-0.25, -0.2) is 4.68 Å². The van der Waals surface area contributed by atoms with Gasteiger partial charge in [0.05, 0.1) is 6.54 Å². The van der Waals surface area contributed by atoms with E-state index in [1.54, 1.807) is 0 Å². The summed E-state index contributed by atoms with van der Waals surface area (Å²) in [6, 6.07) is 15.9. The standard InChI is InChI=1S/C20H20N4O2/c1-14-8-9-15(2)16(12-14)13-24-19(26)18(25)23-11-10-22(20(23)21-24)17-6-4-3-5-7-17/h3-9,12H,10-11,13H2,1-2H3. The monoisotopic (exact) mass is 348 g/mol. The number of aryl methyl sites for hydroxylation is 2. The smallest absolute Gasteiger partial charge is 0.309 e. The van der Waals surface area contributed by atoms with Crippen LogP contribution in [0.4, 0.5) is 11.6 Å². The summed E-state index contributed by atoms with van der Waals surface area (Å²) in [4.78, 5) is 27.1. The minimum Gasteiger partial charge on any atom is -0.309 e. The van der Waals surface area contributed by atoms with E-state index >= 15 is 0 Å². The van der Waals surface area contributed by atoms with Crippen LogP contribution in [0.2, 0.25) is 0 Å². The Labute approximate surface area is 150 Å². The zero-order valence-corrected chi connectivity index (χ0v) is 14.8. The topological polar surface area (TPSA) is 60.1 Å². The highest BCUT2D eigenvalue weighted by Crippen LogP contribution is 2.25. The number of anilines is 2. The van der Waals surface area contributed by atoms with E-state index < -0.39 is 11.1 Å². The first-order valence-electron chi connectivity index (χ1n) is 8.65. The summed E-state index contributed by atoms with van der Waals surface area (Å²) in [5.74, 6) is 0.520. The Bertz CT molecular complexity index is 1080. The molecule has 0 radical (unpaired) electrons. The minimum atomic E-state index is -0.579. The van der Waals surface area contributed by atoms with Crippen LogP contribution in [0.15, 0.2) is 58.1 Å². The number of aromatic nitrogens is 3. The van der Waals surface area contributed by atoms with E-state index in [0.717, 1.165) is 22.4 Å². The molecule has 0 amide bonds. The molecule has 4 rings (SSSR count). The largest absolute Gasteiger partial charge is 0.333 e. The average Bonchev–Trinajstić information content (AvgIpc) is 3.07. The van der Waals surface area contributed by atoms with E-state index in [0.29, 0.717) is 19.0 Å². The van der Waals surface area contributed by atoms with Crippen molar-refractivity contribution in [3.8, 4) is 0 Å². The summed E-state index contributed by atoms with van der Waals surface area (Å²) in [5.41, 5.74) is 3.05. The van der Waals surface area contributed by atoms with Crippen LogP contribution >= 0.6 is 0 Å². The van der Waals surface area contributed by atoms with E-state index in [9.17, 15) is 9.59 Å². The zero-order chi connectivity index (χ0) is 18.3. The van der Waals surface area contributed by atoms with Gasteiger partial charge in [-0.05, 0) is 37.1 Å². The van der Waals surface area contributed by atoms with Gasteiger partial charge in [0, 0.05) is 18.8 Å². The minimum absolute atomic E-state index is 0.290. The molecule has 26 heavy (non-hydrogen) atoms. The van der Waals surface area contributed by atoms with Crippen molar-refractivity contribution in [2.75, 3.05) is 11.4 Å². The summed E-state index contributed by atoms with van der Waals surface area (Å²) in [7, 11) is 0. The Balaban J connectivity index is 1.81. The van der Waals surface area contributed by atoms with E-state index in [1.165, 1.54) is 9.25 Å². The van der Waals surface area contributed by atoms with Crippen LogP contribution in [-0.4, -0.2) is 20.9 Å². The molecule has 0 aliphatic carbocycles. The molecule has 0 bridgehead atoms. The summed E-state index contributed by atoms with van der Waals surface area (Å²) in [6.07, 6.45) is 0. The van der Waals surface area contributed by atoms with Crippen molar-refractivity contribution >= 4 is 11.6 Å². The van der Waals surface area contributed by atoms with Gasteiger partial charge in [-0.15, -0.1) is 5.10 Å². The van der Waals surface area contributed by atoms with Gasteiger partial charge in [0.25, 0.3) is 0 Å². The SMILES string of the molecule is Cc1ccc(C)c(Cn2nc3n(c(=O)c2=O)CCN3c2ccccc2)c1. The maximum Gasteiger partial charge on any atom is 0.333 e. The van der Waals surface area contributed by atoms with Crippen molar-refractivity contribution < 1.29 is 0 Å². The van der Waals surface area contributed by atoms with E-state index in [1.807, 2.05) is 67.3 Å². The molecule has 2 heterocycles. The van der Waals surface area contributed by atoms with Crippen molar-refractivity contribution in [2.24, 2.45) is 0 Å². The maximum atomic E-state index is 12.6. The van der Waals surface area contributed by atoms with Gasteiger partial charge in [-0.3, -0.25) is 14.2 Å². The first-order chi connectivity index (χ1) is 12.5. The van der Waals surface area contributed by atoms with Gasteiger partial charge in [-0.1, -0.05) is 42.0 Å². The Morgan fingerprint density at radius 1 is 0.962 bits per heavy atom. The van der Waals surface area contributed by atoms with Crippen molar-refractivity contribution in [3.63, 3.8) is 0 Å². The molecule has 0 N–H and O–H groups in total. The molecule has 1 aliphatic heterocycles. The van der Waals surface area contributed by atoms with Gasteiger partial charge >= 0.3 is 11.1 Å². The predicted molar refractivity (Wildman–Crippen MR) is 101 cm³/mol. The lowest BCUT2D eigenvalue weighted by molar-refractivity contribution is 0.590. The van der Waals surface area contributed by atoms with Gasteiger partial charge < -0.3 is 4.90 Å². The second-order valence-electron chi connectivity index (χ2n) is 6.64. The molecule has 1 aliphatic rings. The molecule has 2 aromatic carbocycles. The molecule has 0 atom stereocenters. The average molecular weight is 348 g/mol. The molecule has 0 spiro atoms. The van der Waals surface area contributed by atoms with E-state index in [2.05, 4.69) is 5.10 Å². The predicted octanol–water partition coefficient (Wildman–Crippen LogP) is 2.22. The number of rotatable bonds is 3. The van der Waals surface area contributed by atoms with Crippen LogP contribution in [0.3, 0.4) is 0 Å². The summed E-state index contributed by atoms with van der Waals surface area (Å²) in [6.45, 7) is 5.39. The molecule has 0 fully saturated rings. The molecule has 1 aromatic heterocycles. The highest BCUT2D eigenvalue weighted by atomic mass is 16.2. The first kappa shape index (κ1) is 16.3. The Morgan fingerprint density at radius 2 is 1.73 bits per heavy atom. The van der Waals surface area contributed by atoms with Gasteiger partial charge in [0.2, 0.25) is 5.95 Å². The van der Waals surface area contributed by atoms with Crippen molar-refractivity contribution in [1.82, 2.24) is 14.3 Å². The van der Waals surface area contributed by atoms with Crippen molar-refractivity contribution in [1.29, 1.82) is 0 Å². The quantitative estimate of drug-likeness (QED) is 0.681. The molecule has 0 unspecified atom stereocenters. The van der Waals surface area contributed by atoms with Crippen LogP contribution in [0.25, 0.3) is 0 Å². The fraction of sp³-hybridized carbons (Fsp3) is 0.250. The zero-order valence-electron chi connectivity index (χ0n) is 14.8. The summed E-state index contributed by atoms with van der Waals surface area (Å²) < 4.78 is 2.76. The molecule has 132 valence electrons. The number of hydrogen-bond donors (Lipinski definition) is 0. The summed E-state index contributed by atoms with van der Waals surface area (Å²) in [5, 5.41) is 4.53. The van der Waals surface area contributed by atoms with Gasteiger partial charge in [0.15, 0.2) is 0 Å². The lowest BCUT2D eigenvalue weighted by atomic mass is 10.1. The third-order valence-electron chi connectivity index (χ3n) is 4.80. The van der Waals surface area contributed by atoms with Crippen LogP contribution in [0.5, 0.6) is 0 Å². The van der Waals surface area contributed by atoms with Gasteiger partial charge in [-0.2, -0.15) is 0 Å². The van der Waals surface area contributed by atoms with Crippen LogP contribution < -0.4 is 16.0 Å². The van der Waals surface area contributed by atoms with E-state index in [-0.39, 0.29) is 6.54 Å². The number of benzene rings is 2. The molecule has 3 aromatic rings. The molecule has 6 nitrogen and oxygen atoms in total. The molecular formula is C20H20N4O2. The highest BCUT2D eigenvalue weighted by molar-refractivity contribution is 5.58. The maximum absolute atomic E-state index is 12.6. The van der Waals surface area contributed by atoms with Gasteiger partial charge in [0.1, 0.15) is 0 Å². The Morgan fingerprint density at radius 3 is 2.50 bits per heavy atom. The van der Waals surface area contributed by atoms with Crippen LogP contribution in [0, 0.1) is 13.8 Å². The second kappa shape index (κ2) is 6.29. The first-order valence-corrected chi connectivity index (χ1v) is 8.65. The van der Waals surface area contributed by atoms with Crippen molar-refractivity contribution in [2.45, 2.75) is 26.9 Å². The fourth-order valence-electron chi connectivity index (χ4n) is 3.32. The Hall–Kier alpha value is -3.15. The Kier molecular flexibility index (Phi) is 3.95. The lowest BCUT2D eigenvalue weighted by Gasteiger charge is -2.18. The highest BCUT2D eigenvalue weighted by Gasteiger charge is 2.25. The van der Waals surface area contributed by atoms with Crippen LogP contribution in [-0.2, 0) is 13.1 Å². The number of fused-ring (bicyclic) bond motifs is 1. The third-order valence-corrected chi connectivity index (χ3v) is 4.80. The van der Waals surface area contributed by atoms with Crippen molar-refractivity contribution in [3.05, 3.63) is 85.9 Å². The normalized spacial score (nSPS) is 13.1. The molecular weight excluding hydrogens is 328 g/mol. The number of hydrogen-bond acceptors (Lipinski definition) is 4. The number of nitrogens with zero attached hydrogens (tertiary/aromatic N) is 4. The molecule has 0 saturated heterocycles. The van der Waals surface area contributed by atoms with E-state index in [4.69, 9.17) is 0 Å². The molecule has 6 heteroatoms. The lowest BCUT2D eigenvalue weighted by Crippen LogP contribution is -2.42. The second-order valence-corrected chi connectivity index (χ2v) is 6.64.